The number of rotatable bonds is 16. The number of hydroxylamine groups is 2. The van der Waals surface area contributed by atoms with Gasteiger partial charge < -0.3 is 23.3 Å². The Morgan fingerprint density at radius 1 is 0.833 bits per heavy atom. The predicted molar refractivity (Wildman–Crippen MR) is 197 cm³/mol. The van der Waals surface area contributed by atoms with E-state index in [0.717, 1.165) is 0 Å². The fourth-order valence-corrected chi connectivity index (χ4v) is 7.91. The van der Waals surface area contributed by atoms with Crippen LogP contribution in [0.5, 0.6) is 5.75 Å². The van der Waals surface area contributed by atoms with Crippen LogP contribution in [0.1, 0.15) is 57.5 Å². The Morgan fingerprint density at radius 3 is 1.94 bits per heavy atom. The van der Waals surface area contributed by atoms with E-state index in [1.165, 1.54) is 12.1 Å². The van der Waals surface area contributed by atoms with Crippen LogP contribution >= 0.6 is 0 Å². The largest absolute Gasteiger partial charge is 0.748 e. The van der Waals surface area contributed by atoms with Crippen LogP contribution < -0.4 is 9.30 Å². The molecule has 1 aliphatic rings. The third-order valence-electron chi connectivity index (χ3n) is 9.14. The minimum Gasteiger partial charge on any atom is -0.748 e. The summed E-state index contributed by atoms with van der Waals surface area (Å²) in [7, 11) is -4.48. The van der Waals surface area contributed by atoms with E-state index in [1.54, 1.807) is 38.1 Å². The van der Waals surface area contributed by atoms with Crippen LogP contribution in [0, 0.1) is 13.8 Å². The van der Waals surface area contributed by atoms with Gasteiger partial charge in [0, 0.05) is 49.3 Å². The molecule has 3 aromatic carbocycles. The number of fused-ring (bicyclic) bond motifs is 2. The molecule has 0 saturated carbocycles. The second-order valence-corrected chi connectivity index (χ2v) is 17.2. The lowest BCUT2D eigenvalue weighted by molar-refractivity contribution is -0.888. The molecule has 5 rings (SSSR count). The summed E-state index contributed by atoms with van der Waals surface area (Å²) in [5.74, 6) is -3.23. The first-order chi connectivity index (χ1) is 25.4. The number of benzene rings is 3. The number of pyridine rings is 1. The summed E-state index contributed by atoms with van der Waals surface area (Å²) in [6, 6.07) is 17.3. The highest BCUT2D eigenvalue weighted by Crippen LogP contribution is 2.30. The van der Waals surface area contributed by atoms with Crippen LogP contribution in [0.2, 0.25) is 0 Å². The molecule has 0 unspecified atom stereocenters. The second kappa shape index (κ2) is 16.3. The van der Waals surface area contributed by atoms with Gasteiger partial charge in [0.2, 0.25) is 11.0 Å². The molecule has 0 atom stereocenters. The molecule has 0 radical (unpaired) electrons. The molecule has 1 fully saturated rings. The van der Waals surface area contributed by atoms with Gasteiger partial charge in [-0.3, -0.25) is 9.59 Å². The maximum absolute atomic E-state index is 14.1. The standard InChI is InChI=1S/C37H42N4O11S2/c1-25-23-27(36(44)52-40-32(42)15-16-33(40)43)24-26(2)35(25)51-37(45)34-28-11-5-7-13-30(28)39(31-14-8-6-12-29(31)34)18-9-21-53(46,47)38-17-20-41(3,4)19-10-22-54(48,49)50/h5-8,11-14,23-24H,9-10,15-22H2,1-4H3. The van der Waals surface area contributed by atoms with Gasteiger partial charge in [0.25, 0.3) is 11.8 Å². The average molecular weight is 783 g/mol. The quantitative estimate of drug-likeness (QED) is 0.0307. The highest BCUT2D eigenvalue weighted by Gasteiger charge is 2.33. The van der Waals surface area contributed by atoms with Gasteiger partial charge in [-0.05, 0) is 49.2 Å². The molecule has 0 bridgehead atoms. The molecule has 0 aliphatic carbocycles. The lowest BCUT2D eigenvalue weighted by atomic mass is 10.0. The molecule has 17 heteroatoms. The van der Waals surface area contributed by atoms with Crippen molar-refractivity contribution in [1.82, 2.24) is 5.06 Å². The van der Waals surface area contributed by atoms with Crippen molar-refractivity contribution in [3.63, 3.8) is 0 Å². The number of para-hydroxylation sites is 2. The molecule has 2 amide bonds. The summed E-state index contributed by atoms with van der Waals surface area (Å²) < 4.78 is 70.7. The number of nitrogens with zero attached hydrogens (tertiary/aromatic N) is 4. The summed E-state index contributed by atoms with van der Waals surface area (Å²) in [5.41, 5.74) is 2.60. The summed E-state index contributed by atoms with van der Waals surface area (Å²) >= 11 is 0. The zero-order valence-corrected chi connectivity index (χ0v) is 32.1. The van der Waals surface area contributed by atoms with Gasteiger partial charge in [-0.2, -0.15) is 4.57 Å². The number of aromatic nitrogens is 1. The molecular formula is C37H42N4O11S2. The minimum absolute atomic E-state index is 0.0155. The van der Waals surface area contributed by atoms with E-state index in [4.69, 9.17) is 9.57 Å². The molecular weight excluding hydrogens is 741 g/mol. The molecule has 54 heavy (non-hydrogen) atoms. The lowest BCUT2D eigenvalue weighted by Gasteiger charge is -2.33. The molecule has 1 aliphatic heterocycles. The van der Waals surface area contributed by atoms with Crippen LogP contribution in [0.15, 0.2) is 60.7 Å². The Labute approximate surface area is 313 Å². The number of carbonyl (C=O) groups is 4. The number of amides is 2. The van der Waals surface area contributed by atoms with Gasteiger partial charge >= 0.3 is 11.9 Å². The van der Waals surface area contributed by atoms with E-state index in [-0.39, 0.29) is 49.3 Å². The molecule has 15 nitrogen and oxygen atoms in total. The van der Waals surface area contributed by atoms with Crippen molar-refractivity contribution >= 4 is 65.7 Å². The Morgan fingerprint density at radius 2 is 1.39 bits per heavy atom. The normalized spacial score (nSPS) is 13.9. The topological polar surface area (TPSA) is 199 Å². The van der Waals surface area contributed by atoms with E-state index >= 15 is 0 Å². The number of carbonyl (C=O) groups excluding carboxylic acids is 4. The van der Waals surface area contributed by atoms with Gasteiger partial charge in [0.1, 0.15) is 5.75 Å². The minimum atomic E-state index is -4.32. The van der Waals surface area contributed by atoms with Crippen LogP contribution in [0.25, 0.3) is 26.5 Å². The third-order valence-corrected chi connectivity index (χ3v) is 11.3. The lowest BCUT2D eigenvalue weighted by Crippen LogP contribution is -2.43. The number of imide groups is 1. The molecule has 288 valence electrons. The van der Waals surface area contributed by atoms with E-state index in [9.17, 15) is 40.6 Å². The summed E-state index contributed by atoms with van der Waals surface area (Å²) in [6.07, 6.45) is 0.319. The Balaban J connectivity index is 1.32. The third kappa shape index (κ3) is 9.83. The van der Waals surface area contributed by atoms with Crippen molar-refractivity contribution in [2.75, 3.05) is 45.2 Å². The van der Waals surface area contributed by atoms with Crippen molar-refractivity contribution in [3.05, 3.63) is 87.6 Å². The number of aryl methyl sites for hydroxylation is 3. The van der Waals surface area contributed by atoms with E-state index < -0.39 is 49.6 Å². The van der Waals surface area contributed by atoms with Crippen LogP contribution in [0.3, 0.4) is 0 Å². The number of esters is 1. The number of ether oxygens (including phenoxy) is 1. The van der Waals surface area contributed by atoms with E-state index in [1.807, 2.05) is 42.9 Å². The molecule has 0 N–H and O–H groups in total. The predicted octanol–water partition coefficient (Wildman–Crippen LogP) is 3.44. The maximum Gasteiger partial charge on any atom is 0.363 e. The first-order valence-electron chi connectivity index (χ1n) is 17.3. The van der Waals surface area contributed by atoms with Gasteiger partial charge in [0.15, 0.2) is 6.54 Å². The summed E-state index contributed by atoms with van der Waals surface area (Å²) in [5, 5.41) is 1.62. The van der Waals surface area contributed by atoms with Gasteiger partial charge in [-0.25, -0.2) is 26.4 Å². The zero-order valence-electron chi connectivity index (χ0n) is 30.4. The fourth-order valence-electron chi connectivity index (χ4n) is 6.44. The summed E-state index contributed by atoms with van der Waals surface area (Å²) in [4.78, 5) is 55.8. The zero-order chi connectivity index (χ0) is 39.4. The Hall–Kier alpha value is -4.81. The smallest absolute Gasteiger partial charge is 0.363 e. The fraction of sp³-hybridized carbons (Fsp3) is 0.378. The Kier molecular flexibility index (Phi) is 12.2. The van der Waals surface area contributed by atoms with Crippen molar-refractivity contribution in [2.24, 2.45) is 0 Å². The van der Waals surface area contributed by atoms with E-state index in [0.29, 0.717) is 67.7 Å². The van der Waals surface area contributed by atoms with Gasteiger partial charge in [-0.15, -0.1) is 5.06 Å². The highest BCUT2D eigenvalue weighted by atomic mass is 32.2. The molecule has 2 heterocycles. The van der Waals surface area contributed by atoms with Gasteiger partial charge in [-0.1, -0.05) is 30.8 Å². The first-order valence-corrected chi connectivity index (χ1v) is 20.5. The number of sulfonamides is 1. The van der Waals surface area contributed by atoms with Crippen molar-refractivity contribution < 1.29 is 59.2 Å². The molecule has 1 saturated heterocycles. The van der Waals surface area contributed by atoms with Crippen molar-refractivity contribution in [2.45, 2.75) is 46.1 Å². The van der Waals surface area contributed by atoms with E-state index in [2.05, 4.69) is 4.72 Å². The van der Waals surface area contributed by atoms with Gasteiger partial charge in [0.05, 0.1) is 69.2 Å². The first kappa shape index (κ1) is 40.4. The second-order valence-electron chi connectivity index (χ2n) is 13.8. The maximum atomic E-state index is 14.1. The highest BCUT2D eigenvalue weighted by molar-refractivity contribution is 7.93. The van der Waals surface area contributed by atoms with Crippen molar-refractivity contribution in [3.8, 4) is 5.75 Å². The molecule has 1 aromatic heterocycles. The van der Waals surface area contributed by atoms with Crippen molar-refractivity contribution in [1.29, 1.82) is 0 Å². The van der Waals surface area contributed by atoms with Crippen LogP contribution in [-0.4, -0.2) is 99.9 Å². The monoisotopic (exact) mass is 782 g/mol. The number of hydrogen-bond acceptors (Lipinski definition) is 11. The SMILES string of the molecule is Cc1cc(C(=O)ON2C(=O)CCC2=O)cc(C)c1OC(=O)c1c2ccccc2[n+](CCCS(=O)(=O)[N-]CC[N+](C)(C)CCCS(=O)(=O)[O-])c2ccccc12. The summed E-state index contributed by atoms with van der Waals surface area (Å²) in [6.45, 7) is 4.34. The number of likely N-dealkylation sites (N-methyl/N-ethyl adjacent to an activating group) is 1. The average Bonchev–Trinajstić information content (AvgIpc) is 3.40. The number of quaternary nitrogens is 1. The van der Waals surface area contributed by atoms with Crippen LogP contribution in [-0.2, 0) is 41.1 Å². The van der Waals surface area contributed by atoms with Crippen LogP contribution in [0.4, 0.5) is 0 Å². The Bertz CT molecular complexity index is 2260. The number of hydrogen-bond donors (Lipinski definition) is 0. The molecule has 0 spiro atoms. The molecule has 4 aromatic rings.